The Morgan fingerprint density at radius 2 is 1.84 bits per heavy atom. The highest BCUT2D eigenvalue weighted by Gasteiger charge is 2.29. The monoisotopic (exact) mass is 538 g/mol. The Hall–Kier alpha value is -2.07. The lowest BCUT2D eigenvalue weighted by Gasteiger charge is -2.37. The van der Waals surface area contributed by atoms with Crippen molar-refractivity contribution in [2.45, 2.75) is 18.9 Å². The fourth-order valence-corrected chi connectivity index (χ4v) is 4.30. The minimum atomic E-state index is -0.0485. The van der Waals surface area contributed by atoms with E-state index in [0.29, 0.717) is 24.8 Å². The van der Waals surface area contributed by atoms with Crippen LogP contribution in [-0.2, 0) is 4.74 Å². The second-order valence-electron chi connectivity index (χ2n) is 7.79. The van der Waals surface area contributed by atoms with Crippen molar-refractivity contribution in [1.82, 2.24) is 15.1 Å². The molecule has 8 heteroatoms. The lowest BCUT2D eigenvalue weighted by molar-refractivity contribution is -0.0267. The highest BCUT2D eigenvalue weighted by molar-refractivity contribution is 14.0. The Balaban J connectivity index is 0.00000272. The van der Waals surface area contributed by atoms with Crippen molar-refractivity contribution in [3.05, 3.63) is 60.1 Å². The summed E-state index contributed by atoms with van der Waals surface area (Å²) in [6.07, 6.45) is 3.87. The van der Waals surface area contributed by atoms with Gasteiger partial charge in [-0.3, -0.25) is 9.79 Å². The number of nitrogens with one attached hydrogen (secondary N) is 1. The van der Waals surface area contributed by atoms with Gasteiger partial charge in [0.1, 0.15) is 0 Å². The lowest BCUT2D eigenvalue weighted by atomic mass is 9.89. The molecule has 0 spiro atoms. The van der Waals surface area contributed by atoms with Gasteiger partial charge in [0.2, 0.25) is 0 Å². The van der Waals surface area contributed by atoms with E-state index in [0.717, 1.165) is 45.0 Å². The molecule has 0 bridgehead atoms. The summed E-state index contributed by atoms with van der Waals surface area (Å²) in [5, 5.41) is 3.55. The van der Waals surface area contributed by atoms with Crippen LogP contribution in [0.4, 0.5) is 0 Å². The molecular weight excluding hydrogens is 507 g/mol. The summed E-state index contributed by atoms with van der Waals surface area (Å²) in [5.41, 5.74) is 1.24. The third kappa shape index (κ3) is 5.79. The third-order valence-electron chi connectivity index (χ3n) is 5.91. The van der Waals surface area contributed by atoms with Crippen LogP contribution in [-0.4, -0.2) is 68.0 Å². The van der Waals surface area contributed by atoms with Gasteiger partial charge in [-0.05, 0) is 30.5 Å². The van der Waals surface area contributed by atoms with Crippen molar-refractivity contribution in [1.29, 1.82) is 0 Å². The molecule has 3 heterocycles. The summed E-state index contributed by atoms with van der Waals surface area (Å²) < 4.78 is 11.4. The summed E-state index contributed by atoms with van der Waals surface area (Å²) in [6.45, 7) is 4.43. The van der Waals surface area contributed by atoms with Gasteiger partial charge in [-0.25, -0.2) is 0 Å². The van der Waals surface area contributed by atoms with Crippen LogP contribution in [0.3, 0.4) is 0 Å². The van der Waals surface area contributed by atoms with Gasteiger partial charge in [0.05, 0.1) is 12.4 Å². The summed E-state index contributed by atoms with van der Waals surface area (Å²) >= 11 is 0. The van der Waals surface area contributed by atoms with Crippen molar-refractivity contribution in [2.75, 3.05) is 46.4 Å². The molecule has 31 heavy (non-hydrogen) atoms. The van der Waals surface area contributed by atoms with Gasteiger partial charge in [0, 0.05) is 52.3 Å². The maximum atomic E-state index is 12.5. The van der Waals surface area contributed by atoms with Gasteiger partial charge in [-0.15, -0.1) is 24.0 Å². The van der Waals surface area contributed by atoms with Crippen LogP contribution < -0.4 is 5.32 Å². The minimum Gasteiger partial charge on any atom is -0.459 e. The smallest absolute Gasteiger partial charge is 0.289 e. The molecule has 168 valence electrons. The first kappa shape index (κ1) is 23.6. The molecule has 1 amide bonds. The van der Waals surface area contributed by atoms with Crippen LogP contribution >= 0.6 is 24.0 Å². The molecule has 2 atom stereocenters. The maximum Gasteiger partial charge on any atom is 0.289 e. The Kier molecular flexibility index (Phi) is 8.77. The number of carbonyl (C=O) groups excluding carboxylic acids is 1. The largest absolute Gasteiger partial charge is 0.459 e. The second-order valence-corrected chi connectivity index (χ2v) is 7.79. The number of guanidine groups is 1. The average molecular weight is 538 g/mol. The molecule has 2 aliphatic heterocycles. The SMILES string of the molecule is CN=C(NCC1CCCOC1c1ccccc1)N1CCN(C(=O)c2ccco2)CC1.I. The zero-order valence-corrected chi connectivity index (χ0v) is 20.2. The number of halogens is 1. The highest BCUT2D eigenvalue weighted by Crippen LogP contribution is 2.33. The van der Waals surface area contributed by atoms with Crippen molar-refractivity contribution < 1.29 is 13.9 Å². The number of hydrogen-bond acceptors (Lipinski definition) is 4. The predicted octanol–water partition coefficient (Wildman–Crippen LogP) is 3.40. The zero-order valence-electron chi connectivity index (χ0n) is 17.9. The predicted molar refractivity (Wildman–Crippen MR) is 131 cm³/mol. The number of carbonyl (C=O) groups is 1. The molecule has 7 nitrogen and oxygen atoms in total. The number of amides is 1. The van der Waals surface area contributed by atoms with E-state index in [-0.39, 0.29) is 36.0 Å². The topological polar surface area (TPSA) is 70.3 Å². The number of furan rings is 1. The average Bonchev–Trinajstić information content (AvgIpc) is 3.35. The van der Waals surface area contributed by atoms with E-state index in [4.69, 9.17) is 9.15 Å². The first-order valence-corrected chi connectivity index (χ1v) is 10.7. The summed E-state index contributed by atoms with van der Waals surface area (Å²) in [6, 6.07) is 13.9. The van der Waals surface area contributed by atoms with Crippen LogP contribution in [0.25, 0.3) is 0 Å². The quantitative estimate of drug-likeness (QED) is 0.367. The van der Waals surface area contributed by atoms with E-state index >= 15 is 0 Å². The molecule has 4 rings (SSSR count). The van der Waals surface area contributed by atoms with Crippen LogP contribution in [0.5, 0.6) is 0 Å². The second kappa shape index (κ2) is 11.5. The molecule has 2 fully saturated rings. The molecule has 1 N–H and O–H groups in total. The van der Waals surface area contributed by atoms with Crippen LogP contribution in [0.15, 0.2) is 58.1 Å². The molecule has 2 saturated heterocycles. The summed E-state index contributed by atoms with van der Waals surface area (Å²) in [4.78, 5) is 21.0. The highest BCUT2D eigenvalue weighted by atomic mass is 127. The Morgan fingerprint density at radius 1 is 1.10 bits per heavy atom. The first-order chi connectivity index (χ1) is 14.8. The van der Waals surface area contributed by atoms with Gasteiger partial charge in [-0.2, -0.15) is 0 Å². The minimum absolute atomic E-state index is 0. The lowest BCUT2D eigenvalue weighted by Crippen LogP contribution is -2.54. The molecular formula is C23H31IN4O3. The van der Waals surface area contributed by atoms with Gasteiger partial charge < -0.3 is 24.3 Å². The Bertz CT molecular complexity index is 836. The van der Waals surface area contributed by atoms with Crippen molar-refractivity contribution in [3.8, 4) is 0 Å². The number of rotatable bonds is 4. The number of ether oxygens (including phenoxy) is 1. The van der Waals surface area contributed by atoms with E-state index < -0.39 is 0 Å². The maximum absolute atomic E-state index is 12.5. The Morgan fingerprint density at radius 3 is 2.52 bits per heavy atom. The molecule has 2 unspecified atom stereocenters. The Labute approximate surface area is 200 Å². The molecule has 0 saturated carbocycles. The molecule has 0 radical (unpaired) electrons. The van der Waals surface area contributed by atoms with Crippen molar-refractivity contribution in [3.63, 3.8) is 0 Å². The van der Waals surface area contributed by atoms with Crippen molar-refractivity contribution >= 4 is 35.8 Å². The van der Waals surface area contributed by atoms with E-state index in [1.165, 1.54) is 11.8 Å². The van der Waals surface area contributed by atoms with Crippen LogP contribution in [0, 0.1) is 5.92 Å². The van der Waals surface area contributed by atoms with Gasteiger partial charge in [-0.1, -0.05) is 30.3 Å². The van der Waals surface area contributed by atoms with E-state index in [9.17, 15) is 4.79 Å². The molecule has 2 aromatic rings. The third-order valence-corrected chi connectivity index (χ3v) is 5.91. The fraction of sp³-hybridized carbons (Fsp3) is 0.478. The van der Waals surface area contributed by atoms with Crippen LogP contribution in [0.2, 0.25) is 0 Å². The van der Waals surface area contributed by atoms with E-state index in [2.05, 4.69) is 39.5 Å². The summed E-state index contributed by atoms with van der Waals surface area (Å²) in [5.74, 6) is 1.64. The van der Waals surface area contributed by atoms with Gasteiger partial charge >= 0.3 is 0 Å². The number of piperazine rings is 1. The van der Waals surface area contributed by atoms with E-state index in [1.807, 2.05) is 18.0 Å². The van der Waals surface area contributed by atoms with Crippen molar-refractivity contribution in [2.24, 2.45) is 10.9 Å². The molecule has 0 aliphatic carbocycles. The van der Waals surface area contributed by atoms with Gasteiger partial charge in [0.15, 0.2) is 11.7 Å². The van der Waals surface area contributed by atoms with E-state index in [1.54, 1.807) is 12.1 Å². The molecule has 1 aromatic carbocycles. The standard InChI is InChI=1S/C23H30N4O3.HI/c1-24-23(27-13-11-26(12-14-27)22(28)20-10-6-15-29-20)25-17-19-9-5-16-30-21(19)18-7-3-2-4-8-18;/h2-4,6-8,10,15,19,21H,5,9,11-14,16-17H2,1H3,(H,24,25);1H. The van der Waals surface area contributed by atoms with Crippen LogP contribution in [0.1, 0.15) is 35.1 Å². The zero-order chi connectivity index (χ0) is 20.8. The number of benzene rings is 1. The molecule has 1 aromatic heterocycles. The number of aliphatic imine (C=N–C) groups is 1. The number of nitrogens with zero attached hydrogens (tertiary/aromatic N) is 3. The molecule has 2 aliphatic rings. The first-order valence-electron chi connectivity index (χ1n) is 10.7. The number of hydrogen-bond donors (Lipinski definition) is 1. The summed E-state index contributed by atoms with van der Waals surface area (Å²) in [7, 11) is 1.81. The normalized spacial score (nSPS) is 22.0. The fourth-order valence-electron chi connectivity index (χ4n) is 4.30. The van der Waals surface area contributed by atoms with Gasteiger partial charge in [0.25, 0.3) is 5.91 Å².